The molecule has 1 rings (SSSR count). The van der Waals surface area contributed by atoms with Gasteiger partial charge in [-0.15, -0.1) is 0 Å². The van der Waals surface area contributed by atoms with Gasteiger partial charge < -0.3 is 5.32 Å². The monoisotopic (exact) mass is 288 g/mol. The van der Waals surface area contributed by atoms with Gasteiger partial charge in [0.1, 0.15) is 5.82 Å². The van der Waals surface area contributed by atoms with Crippen LogP contribution < -0.4 is 9.62 Å². The highest BCUT2D eigenvalue weighted by Crippen LogP contribution is 2.19. The van der Waals surface area contributed by atoms with Gasteiger partial charge in [0.2, 0.25) is 10.0 Å². The molecule has 6 heteroatoms. The quantitative estimate of drug-likeness (QED) is 0.871. The number of hydrogen-bond acceptors (Lipinski definition) is 3. The van der Waals surface area contributed by atoms with Crippen LogP contribution in [0.2, 0.25) is 0 Å². The van der Waals surface area contributed by atoms with E-state index >= 15 is 0 Å². The maximum absolute atomic E-state index is 13.1. The Balaban J connectivity index is 2.87. The first-order chi connectivity index (χ1) is 8.75. The number of sulfonamides is 1. The molecule has 0 fully saturated rings. The van der Waals surface area contributed by atoms with E-state index in [1.165, 1.54) is 25.2 Å². The van der Waals surface area contributed by atoms with Crippen molar-refractivity contribution >= 4 is 15.7 Å². The molecular weight excluding hydrogens is 267 g/mol. The molecule has 0 heterocycles. The molecule has 0 aliphatic rings. The highest BCUT2D eigenvalue weighted by molar-refractivity contribution is 7.93. The van der Waals surface area contributed by atoms with Gasteiger partial charge >= 0.3 is 0 Å². The third kappa shape index (κ3) is 4.18. The molecule has 0 saturated heterocycles. The average Bonchev–Trinajstić information content (AvgIpc) is 2.34. The largest absolute Gasteiger partial charge is 0.313 e. The number of nitrogens with one attached hydrogen (secondary N) is 1. The normalized spacial score (nSPS) is 13.6. The molecule has 0 amide bonds. The van der Waals surface area contributed by atoms with Crippen LogP contribution in [-0.4, -0.2) is 33.3 Å². The van der Waals surface area contributed by atoms with E-state index in [9.17, 15) is 12.8 Å². The highest BCUT2D eigenvalue weighted by atomic mass is 32.2. The maximum atomic E-state index is 13.1. The van der Waals surface area contributed by atoms with Crippen molar-refractivity contribution in [1.29, 1.82) is 0 Å². The fraction of sp³-hybridized carbons (Fsp3) is 0.538. The molecule has 0 radical (unpaired) electrons. The first-order valence-corrected chi connectivity index (χ1v) is 7.72. The fourth-order valence-corrected chi connectivity index (χ4v) is 2.85. The Labute approximate surface area is 114 Å². The van der Waals surface area contributed by atoms with Crippen molar-refractivity contribution in [2.24, 2.45) is 0 Å². The van der Waals surface area contributed by atoms with E-state index in [1.54, 1.807) is 13.0 Å². The van der Waals surface area contributed by atoms with Crippen molar-refractivity contribution in [2.75, 3.05) is 17.9 Å². The fourth-order valence-electron chi connectivity index (χ4n) is 1.60. The second-order valence-electron chi connectivity index (χ2n) is 4.87. The first-order valence-electron chi connectivity index (χ1n) is 6.22. The van der Waals surface area contributed by atoms with Crippen molar-refractivity contribution in [3.8, 4) is 0 Å². The van der Waals surface area contributed by atoms with Crippen LogP contribution in [0, 0.1) is 5.82 Å². The smallest absolute Gasteiger partial charge is 0.238 e. The minimum Gasteiger partial charge on any atom is -0.313 e. The predicted octanol–water partition coefficient (Wildman–Crippen LogP) is 1.98. The highest BCUT2D eigenvalue weighted by Gasteiger charge is 2.26. The third-order valence-electron chi connectivity index (χ3n) is 2.88. The maximum Gasteiger partial charge on any atom is 0.238 e. The van der Waals surface area contributed by atoms with Crippen molar-refractivity contribution in [3.63, 3.8) is 0 Å². The standard InChI is InChI=1S/C13H21FN2O2S/c1-10(2)15-9-11(3)19(17,18)16(4)13-7-5-6-12(14)8-13/h5-8,10-11,15H,9H2,1-4H3. The molecule has 0 aliphatic heterocycles. The van der Waals surface area contributed by atoms with Crippen LogP contribution in [0.3, 0.4) is 0 Å². The van der Waals surface area contributed by atoms with Crippen LogP contribution >= 0.6 is 0 Å². The lowest BCUT2D eigenvalue weighted by molar-refractivity contribution is 0.549. The molecular formula is C13H21FN2O2S. The number of rotatable bonds is 6. The summed E-state index contributed by atoms with van der Waals surface area (Å²) in [5.41, 5.74) is 0.330. The Hall–Kier alpha value is -1.14. The number of hydrogen-bond donors (Lipinski definition) is 1. The van der Waals surface area contributed by atoms with Crippen LogP contribution in [0.15, 0.2) is 24.3 Å². The summed E-state index contributed by atoms with van der Waals surface area (Å²) in [5.74, 6) is -0.451. The summed E-state index contributed by atoms with van der Waals surface area (Å²) in [5, 5.41) is 2.51. The zero-order valence-corrected chi connectivity index (χ0v) is 12.5. The minimum absolute atomic E-state index is 0.220. The van der Waals surface area contributed by atoms with E-state index in [-0.39, 0.29) is 6.04 Å². The average molecular weight is 288 g/mol. The zero-order valence-electron chi connectivity index (χ0n) is 11.7. The number of anilines is 1. The Morgan fingerprint density at radius 3 is 2.47 bits per heavy atom. The van der Waals surface area contributed by atoms with Crippen molar-refractivity contribution in [3.05, 3.63) is 30.1 Å². The molecule has 1 aromatic carbocycles. The van der Waals surface area contributed by atoms with Gasteiger partial charge in [-0.05, 0) is 25.1 Å². The van der Waals surface area contributed by atoms with Gasteiger partial charge in [-0.25, -0.2) is 12.8 Å². The Kier molecular flexibility index (Phi) is 5.31. The number of benzene rings is 1. The Morgan fingerprint density at radius 2 is 1.95 bits per heavy atom. The van der Waals surface area contributed by atoms with Crippen LogP contribution in [0.25, 0.3) is 0 Å². The van der Waals surface area contributed by atoms with Gasteiger partial charge in [0.25, 0.3) is 0 Å². The molecule has 1 unspecified atom stereocenters. The summed E-state index contributed by atoms with van der Waals surface area (Å²) >= 11 is 0. The molecule has 1 atom stereocenters. The summed E-state index contributed by atoms with van der Waals surface area (Å²) in [4.78, 5) is 0. The lowest BCUT2D eigenvalue weighted by Crippen LogP contribution is -2.41. The lowest BCUT2D eigenvalue weighted by atomic mass is 10.3. The minimum atomic E-state index is -3.50. The van der Waals surface area contributed by atoms with Crippen LogP contribution in [0.1, 0.15) is 20.8 Å². The second kappa shape index (κ2) is 6.34. The van der Waals surface area contributed by atoms with Crippen molar-refractivity contribution in [1.82, 2.24) is 5.32 Å². The predicted molar refractivity (Wildman–Crippen MR) is 76.3 cm³/mol. The van der Waals surface area contributed by atoms with E-state index in [2.05, 4.69) is 5.32 Å². The topological polar surface area (TPSA) is 49.4 Å². The molecule has 0 spiro atoms. The molecule has 0 aliphatic carbocycles. The molecule has 4 nitrogen and oxygen atoms in total. The molecule has 108 valence electrons. The number of nitrogens with zero attached hydrogens (tertiary/aromatic N) is 1. The second-order valence-corrected chi connectivity index (χ2v) is 7.25. The summed E-state index contributed by atoms with van der Waals surface area (Å²) in [7, 11) is -2.06. The molecule has 1 aromatic rings. The van der Waals surface area contributed by atoms with Crippen molar-refractivity contribution < 1.29 is 12.8 Å². The van der Waals surface area contributed by atoms with Crippen LogP contribution in [-0.2, 0) is 10.0 Å². The Morgan fingerprint density at radius 1 is 1.32 bits per heavy atom. The molecule has 1 N–H and O–H groups in total. The van der Waals surface area contributed by atoms with Gasteiger partial charge in [-0.1, -0.05) is 19.9 Å². The third-order valence-corrected chi connectivity index (χ3v) is 5.03. The van der Waals surface area contributed by atoms with E-state index in [0.29, 0.717) is 12.2 Å². The van der Waals surface area contributed by atoms with Gasteiger partial charge in [0.05, 0.1) is 10.9 Å². The Bertz CT molecular complexity index is 517. The van der Waals surface area contributed by atoms with E-state index < -0.39 is 21.1 Å². The molecule has 0 saturated carbocycles. The summed E-state index contributed by atoms with van der Waals surface area (Å²) < 4.78 is 38.9. The lowest BCUT2D eigenvalue weighted by Gasteiger charge is -2.24. The summed E-state index contributed by atoms with van der Waals surface area (Å²) in [6.07, 6.45) is 0. The van der Waals surface area contributed by atoms with E-state index in [1.807, 2.05) is 13.8 Å². The zero-order chi connectivity index (χ0) is 14.6. The molecule has 19 heavy (non-hydrogen) atoms. The van der Waals surface area contributed by atoms with Gasteiger partial charge in [0.15, 0.2) is 0 Å². The number of halogens is 1. The van der Waals surface area contributed by atoms with E-state index in [0.717, 1.165) is 4.31 Å². The van der Waals surface area contributed by atoms with Gasteiger partial charge in [-0.2, -0.15) is 0 Å². The summed E-state index contributed by atoms with van der Waals surface area (Å²) in [6.45, 7) is 5.91. The van der Waals surface area contributed by atoms with Gasteiger partial charge in [-0.3, -0.25) is 4.31 Å². The van der Waals surface area contributed by atoms with Crippen LogP contribution in [0.4, 0.5) is 10.1 Å². The SMILES string of the molecule is CC(C)NCC(C)S(=O)(=O)N(C)c1cccc(F)c1. The molecule has 0 aromatic heterocycles. The van der Waals surface area contributed by atoms with Gasteiger partial charge in [0, 0.05) is 19.6 Å². The van der Waals surface area contributed by atoms with Crippen molar-refractivity contribution in [2.45, 2.75) is 32.1 Å². The molecule has 0 bridgehead atoms. The summed E-state index contributed by atoms with van der Waals surface area (Å²) in [6, 6.07) is 5.78. The van der Waals surface area contributed by atoms with E-state index in [4.69, 9.17) is 0 Å². The first kappa shape index (κ1) is 15.9. The van der Waals surface area contributed by atoms with Crippen LogP contribution in [0.5, 0.6) is 0 Å².